The van der Waals surface area contributed by atoms with Crippen molar-refractivity contribution in [3.8, 4) is 5.75 Å². The average Bonchev–Trinajstić information content (AvgIpc) is 2.57. The third-order valence-corrected chi connectivity index (χ3v) is 4.17. The molecular weight excluding hydrogens is 319 g/mol. The Morgan fingerprint density at radius 2 is 1.88 bits per heavy atom. The summed E-state index contributed by atoms with van der Waals surface area (Å²) in [6, 6.07) is 11.9. The Bertz CT molecular complexity index is 701. The number of hydrogen-bond acceptors (Lipinski definition) is 2. The minimum Gasteiger partial charge on any atom is -0.493 e. The molecular formula is C20H26FN2O2+. The zero-order chi connectivity index (χ0) is 18.2. The molecule has 0 spiro atoms. The van der Waals surface area contributed by atoms with Gasteiger partial charge in [-0.15, -0.1) is 0 Å². The minimum absolute atomic E-state index is 0.00523. The van der Waals surface area contributed by atoms with E-state index in [0.717, 1.165) is 34.7 Å². The molecule has 0 saturated carbocycles. The highest BCUT2D eigenvalue weighted by Gasteiger charge is 2.11. The Morgan fingerprint density at radius 1 is 1.16 bits per heavy atom. The van der Waals surface area contributed by atoms with Gasteiger partial charge in [-0.3, -0.25) is 4.79 Å². The van der Waals surface area contributed by atoms with Gasteiger partial charge in [0.05, 0.1) is 20.2 Å². The summed E-state index contributed by atoms with van der Waals surface area (Å²) in [7, 11) is 1.99. The van der Waals surface area contributed by atoms with E-state index in [-0.39, 0.29) is 11.7 Å². The molecule has 0 heterocycles. The first-order chi connectivity index (χ1) is 12.0. The number of halogens is 1. The second kappa shape index (κ2) is 9.18. The predicted molar refractivity (Wildman–Crippen MR) is 97.7 cm³/mol. The summed E-state index contributed by atoms with van der Waals surface area (Å²) < 4.78 is 18.4. The number of amides is 1. The van der Waals surface area contributed by atoms with E-state index in [9.17, 15) is 9.18 Å². The zero-order valence-electron chi connectivity index (χ0n) is 15.1. The summed E-state index contributed by atoms with van der Waals surface area (Å²) in [6.07, 6.45) is 0.819. The fraction of sp³-hybridized carbons (Fsp3) is 0.350. The SMILES string of the molecule is Cc1cccc(NC(=O)C[NH+](C)CCCOc2ccc(F)cc2)c1C. The van der Waals surface area contributed by atoms with Gasteiger partial charge in [0.1, 0.15) is 11.6 Å². The van der Waals surface area contributed by atoms with Gasteiger partial charge in [-0.05, 0) is 55.3 Å². The van der Waals surface area contributed by atoms with Gasteiger partial charge in [-0.1, -0.05) is 12.1 Å². The summed E-state index contributed by atoms with van der Waals surface area (Å²) in [4.78, 5) is 13.3. The Hall–Kier alpha value is -2.40. The average molecular weight is 345 g/mol. The lowest BCUT2D eigenvalue weighted by Crippen LogP contribution is -3.10. The maximum atomic E-state index is 12.8. The van der Waals surface area contributed by atoms with Crippen molar-refractivity contribution in [3.05, 3.63) is 59.4 Å². The van der Waals surface area contributed by atoms with E-state index in [1.807, 2.05) is 39.1 Å². The van der Waals surface area contributed by atoms with Crippen LogP contribution in [0.2, 0.25) is 0 Å². The summed E-state index contributed by atoms with van der Waals surface area (Å²) >= 11 is 0. The quantitative estimate of drug-likeness (QED) is 0.722. The van der Waals surface area contributed by atoms with Crippen LogP contribution in [0.5, 0.6) is 5.75 Å². The maximum Gasteiger partial charge on any atom is 0.279 e. The number of hydrogen-bond donors (Lipinski definition) is 2. The molecule has 2 aromatic carbocycles. The molecule has 2 rings (SSSR count). The van der Waals surface area contributed by atoms with Gasteiger partial charge in [0, 0.05) is 12.1 Å². The monoisotopic (exact) mass is 345 g/mol. The fourth-order valence-corrected chi connectivity index (χ4v) is 2.54. The van der Waals surface area contributed by atoms with Crippen LogP contribution in [0.3, 0.4) is 0 Å². The van der Waals surface area contributed by atoms with Crippen LogP contribution in [0.15, 0.2) is 42.5 Å². The molecule has 5 heteroatoms. The van der Waals surface area contributed by atoms with E-state index in [4.69, 9.17) is 4.74 Å². The van der Waals surface area contributed by atoms with Crippen molar-refractivity contribution >= 4 is 11.6 Å². The second-order valence-electron chi connectivity index (χ2n) is 6.34. The van der Waals surface area contributed by atoms with Gasteiger partial charge in [0.15, 0.2) is 6.54 Å². The van der Waals surface area contributed by atoms with E-state index in [1.54, 1.807) is 12.1 Å². The molecule has 0 fully saturated rings. The lowest BCUT2D eigenvalue weighted by molar-refractivity contribution is -0.871. The van der Waals surface area contributed by atoms with Crippen molar-refractivity contribution in [1.82, 2.24) is 0 Å². The molecule has 1 amide bonds. The van der Waals surface area contributed by atoms with E-state index < -0.39 is 0 Å². The number of aryl methyl sites for hydroxylation is 1. The molecule has 134 valence electrons. The Labute approximate surface area is 148 Å². The molecule has 0 aliphatic heterocycles. The highest BCUT2D eigenvalue weighted by Crippen LogP contribution is 2.17. The summed E-state index contributed by atoms with van der Waals surface area (Å²) in [5.74, 6) is 0.392. The minimum atomic E-state index is -0.272. The van der Waals surface area contributed by atoms with Gasteiger partial charge in [0.2, 0.25) is 0 Å². The van der Waals surface area contributed by atoms with Crippen LogP contribution in [0.1, 0.15) is 17.5 Å². The number of likely N-dealkylation sites (N-methyl/N-ethyl adjacent to an activating group) is 1. The summed E-state index contributed by atoms with van der Waals surface area (Å²) in [6.45, 7) is 5.81. The van der Waals surface area contributed by atoms with Gasteiger partial charge in [0.25, 0.3) is 5.91 Å². The van der Waals surface area contributed by atoms with Gasteiger partial charge in [-0.25, -0.2) is 4.39 Å². The van der Waals surface area contributed by atoms with Crippen molar-refractivity contribution in [1.29, 1.82) is 0 Å². The zero-order valence-corrected chi connectivity index (χ0v) is 15.1. The van der Waals surface area contributed by atoms with Crippen molar-refractivity contribution in [2.75, 3.05) is 32.1 Å². The molecule has 0 aliphatic rings. The van der Waals surface area contributed by atoms with Crippen LogP contribution in [-0.4, -0.2) is 32.7 Å². The Morgan fingerprint density at radius 3 is 2.60 bits per heavy atom. The smallest absolute Gasteiger partial charge is 0.279 e. The largest absolute Gasteiger partial charge is 0.493 e. The molecule has 4 nitrogen and oxygen atoms in total. The lowest BCUT2D eigenvalue weighted by Gasteiger charge is -2.15. The maximum absolute atomic E-state index is 12.8. The number of ether oxygens (including phenoxy) is 1. The molecule has 0 aliphatic carbocycles. The molecule has 2 aromatic rings. The van der Waals surface area contributed by atoms with Crippen LogP contribution in [0.25, 0.3) is 0 Å². The third-order valence-electron chi connectivity index (χ3n) is 4.17. The molecule has 0 saturated heterocycles. The summed E-state index contributed by atoms with van der Waals surface area (Å²) in [5.41, 5.74) is 3.13. The van der Waals surface area contributed by atoms with Crippen molar-refractivity contribution in [3.63, 3.8) is 0 Å². The second-order valence-corrected chi connectivity index (χ2v) is 6.34. The molecule has 2 N–H and O–H groups in total. The highest BCUT2D eigenvalue weighted by atomic mass is 19.1. The van der Waals surface area contributed by atoms with Crippen molar-refractivity contribution in [2.45, 2.75) is 20.3 Å². The number of anilines is 1. The van der Waals surface area contributed by atoms with E-state index >= 15 is 0 Å². The van der Waals surface area contributed by atoms with Crippen molar-refractivity contribution < 1.29 is 18.8 Å². The number of benzene rings is 2. The fourth-order valence-electron chi connectivity index (χ4n) is 2.54. The van der Waals surface area contributed by atoms with E-state index in [0.29, 0.717) is 18.9 Å². The molecule has 0 radical (unpaired) electrons. The summed E-state index contributed by atoms with van der Waals surface area (Å²) in [5, 5.41) is 2.98. The number of quaternary nitrogens is 1. The first-order valence-corrected chi connectivity index (χ1v) is 8.51. The van der Waals surface area contributed by atoms with Crippen LogP contribution >= 0.6 is 0 Å². The van der Waals surface area contributed by atoms with Crippen LogP contribution in [0, 0.1) is 19.7 Å². The van der Waals surface area contributed by atoms with Crippen LogP contribution < -0.4 is 15.0 Å². The van der Waals surface area contributed by atoms with Gasteiger partial charge >= 0.3 is 0 Å². The van der Waals surface area contributed by atoms with Crippen molar-refractivity contribution in [2.24, 2.45) is 0 Å². The van der Waals surface area contributed by atoms with Gasteiger partial charge < -0.3 is 15.0 Å². The normalized spacial score (nSPS) is 11.8. The molecule has 1 atom stereocenters. The van der Waals surface area contributed by atoms with Crippen LogP contribution in [-0.2, 0) is 4.79 Å². The molecule has 1 unspecified atom stereocenters. The predicted octanol–water partition coefficient (Wildman–Crippen LogP) is 2.36. The molecule has 0 bridgehead atoms. The number of carbonyl (C=O) groups is 1. The lowest BCUT2D eigenvalue weighted by atomic mass is 10.1. The molecule has 25 heavy (non-hydrogen) atoms. The van der Waals surface area contributed by atoms with E-state index in [1.165, 1.54) is 12.1 Å². The van der Waals surface area contributed by atoms with Crippen LogP contribution in [0.4, 0.5) is 10.1 Å². The molecule has 0 aromatic heterocycles. The van der Waals surface area contributed by atoms with E-state index in [2.05, 4.69) is 5.32 Å². The topological polar surface area (TPSA) is 42.8 Å². The number of carbonyl (C=O) groups excluding carboxylic acids is 1. The highest BCUT2D eigenvalue weighted by molar-refractivity contribution is 5.92. The first-order valence-electron chi connectivity index (χ1n) is 8.51. The Balaban J connectivity index is 1.69. The standard InChI is InChI=1S/C20H25FN2O2/c1-15-6-4-7-19(16(15)2)22-20(24)14-23(3)12-5-13-25-18-10-8-17(21)9-11-18/h4,6-11H,5,12-14H2,1-3H3,(H,22,24)/p+1. The van der Waals surface area contributed by atoms with Gasteiger partial charge in [-0.2, -0.15) is 0 Å². The first kappa shape index (κ1) is 18.9. The third kappa shape index (κ3) is 6.19. The number of nitrogens with one attached hydrogen (secondary N) is 2. The Kier molecular flexibility index (Phi) is 6.95. The number of rotatable bonds is 8.